The van der Waals surface area contributed by atoms with Crippen molar-refractivity contribution < 1.29 is 13.2 Å². The maximum Gasteiger partial charge on any atom is 0.253 e. The third-order valence-corrected chi connectivity index (χ3v) is 5.43. The zero-order chi connectivity index (χ0) is 15.5. The predicted octanol–water partition coefficient (Wildman–Crippen LogP) is 0.666. The molecule has 7 heteroatoms. The Morgan fingerprint density at radius 2 is 1.76 bits per heavy atom. The molecule has 112 valence electrons. The van der Waals surface area contributed by atoms with Gasteiger partial charge in [-0.1, -0.05) is 0 Å². The number of piperazine rings is 1. The van der Waals surface area contributed by atoms with Gasteiger partial charge in [0.2, 0.25) is 10.0 Å². The lowest BCUT2D eigenvalue weighted by molar-refractivity contribution is 0.0698. The average Bonchev–Trinajstić information content (AvgIpc) is 2.54. The van der Waals surface area contributed by atoms with Crippen molar-refractivity contribution in [3.05, 3.63) is 35.4 Å². The summed E-state index contributed by atoms with van der Waals surface area (Å²) in [5.41, 5.74) is 1.02. The summed E-state index contributed by atoms with van der Waals surface area (Å²) < 4.78 is 25.0. The Morgan fingerprint density at radius 3 is 2.24 bits per heavy atom. The second-order valence-corrected chi connectivity index (χ2v) is 7.04. The summed E-state index contributed by atoms with van der Waals surface area (Å²) in [6.07, 6.45) is 0. The topological polar surface area (TPSA) is 81.5 Å². The van der Waals surface area contributed by atoms with Gasteiger partial charge in [0.15, 0.2) is 0 Å². The van der Waals surface area contributed by atoms with E-state index in [0.717, 1.165) is 0 Å². The molecule has 0 saturated carbocycles. The molecule has 1 aliphatic rings. The van der Waals surface area contributed by atoms with E-state index in [2.05, 4.69) is 0 Å². The molecule has 0 atom stereocenters. The first-order chi connectivity index (χ1) is 9.97. The van der Waals surface area contributed by atoms with Gasteiger partial charge in [-0.05, 0) is 31.2 Å². The molecule has 6 nitrogen and oxygen atoms in total. The molecule has 21 heavy (non-hydrogen) atoms. The van der Waals surface area contributed by atoms with Crippen LogP contribution in [0.2, 0.25) is 0 Å². The minimum Gasteiger partial charge on any atom is -0.336 e. The zero-order valence-electron chi connectivity index (χ0n) is 11.8. The molecule has 0 aromatic heterocycles. The highest BCUT2D eigenvalue weighted by Gasteiger charge is 2.27. The van der Waals surface area contributed by atoms with Crippen LogP contribution < -0.4 is 0 Å². The Bertz CT molecular complexity index is 654. The van der Waals surface area contributed by atoms with Crippen molar-refractivity contribution in [1.82, 2.24) is 9.21 Å². The molecule has 0 bridgehead atoms. The number of nitriles is 1. The van der Waals surface area contributed by atoms with Gasteiger partial charge in [-0.25, -0.2) is 8.42 Å². The number of rotatable bonds is 3. The Labute approximate surface area is 124 Å². The number of carbonyl (C=O) groups is 1. The van der Waals surface area contributed by atoms with Crippen LogP contribution in [0.15, 0.2) is 24.3 Å². The molecular formula is C14H17N3O3S. The zero-order valence-corrected chi connectivity index (χ0v) is 12.6. The number of sulfonamides is 1. The molecule has 0 N–H and O–H groups in total. The van der Waals surface area contributed by atoms with Crippen LogP contribution in [0, 0.1) is 11.3 Å². The lowest BCUT2D eigenvalue weighted by atomic mass is 10.1. The molecule has 0 spiro atoms. The molecule has 1 amide bonds. The van der Waals surface area contributed by atoms with Crippen LogP contribution in [0.5, 0.6) is 0 Å². The maximum atomic E-state index is 12.3. The third kappa shape index (κ3) is 3.40. The van der Waals surface area contributed by atoms with Gasteiger partial charge >= 0.3 is 0 Å². The average molecular weight is 307 g/mol. The van der Waals surface area contributed by atoms with Crippen molar-refractivity contribution in [2.45, 2.75) is 6.92 Å². The van der Waals surface area contributed by atoms with Crippen LogP contribution in [-0.2, 0) is 10.0 Å². The van der Waals surface area contributed by atoms with Crippen LogP contribution >= 0.6 is 0 Å². The number of hydrogen-bond donors (Lipinski definition) is 0. The normalized spacial score (nSPS) is 16.5. The van der Waals surface area contributed by atoms with Crippen LogP contribution in [0.1, 0.15) is 22.8 Å². The number of hydrogen-bond acceptors (Lipinski definition) is 4. The summed E-state index contributed by atoms with van der Waals surface area (Å²) in [6.45, 7) is 3.05. The van der Waals surface area contributed by atoms with Crippen LogP contribution in [0.3, 0.4) is 0 Å². The third-order valence-electron chi connectivity index (χ3n) is 3.54. The van der Waals surface area contributed by atoms with E-state index in [4.69, 9.17) is 5.26 Å². The fourth-order valence-electron chi connectivity index (χ4n) is 2.22. The monoisotopic (exact) mass is 307 g/mol. The van der Waals surface area contributed by atoms with E-state index in [1.807, 2.05) is 6.07 Å². The van der Waals surface area contributed by atoms with Crippen molar-refractivity contribution in [3.63, 3.8) is 0 Å². The van der Waals surface area contributed by atoms with Gasteiger partial charge in [0.05, 0.1) is 17.4 Å². The molecule has 0 unspecified atom stereocenters. The summed E-state index contributed by atoms with van der Waals surface area (Å²) in [6, 6.07) is 8.45. The molecule has 1 heterocycles. The van der Waals surface area contributed by atoms with Gasteiger partial charge in [0, 0.05) is 31.7 Å². The predicted molar refractivity (Wildman–Crippen MR) is 78.1 cm³/mol. The standard InChI is InChI=1S/C14H17N3O3S/c1-2-21(19,20)17-9-7-16(8-10-17)14(18)13-5-3-12(11-15)4-6-13/h3-6H,2,7-10H2,1H3. The summed E-state index contributed by atoms with van der Waals surface area (Å²) in [5, 5.41) is 8.74. The first kappa shape index (κ1) is 15.5. The molecule has 0 radical (unpaired) electrons. The number of amides is 1. The molecular weight excluding hydrogens is 290 g/mol. The summed E-state index contributed by atoms with van der Waals surface area (Å²) in [5.74, 6) is -0.0515. The quantitative estimate of drug-likeness (QED) is 0.821. The van der Waals surface area contributed by atoms with Gasteiger partial charge in [-0.15, -0.1) is 0 Å². The van der Waals surface area contributed by atoms with Crippen molar-refractivity contribution in [1.29, 1.82) is 5.26 Å². The Hall–Kier alpha value is -1.91. The lowest BCUT2D eigenvalue weighted by Gasteiger charge is -2.33. The van der Waals surface area contributed by atoms with Crippen molar-refractivity contribution in [2.24, 2.45) is 0 Å². The van der Waals surface area contributed by atoms with E-state index in [0.29, 0.717) is 37.3 Å². The first-order valence-corrected chi connectivity index (χ1v) is 8.36. The Balaban J connectivity index is 2.02. The Morgan fingerprint density at radius 1 is 1.19 bits per heavy atom. The van der Waals surface area contributed by atoms with Gasteiger partial charge < -0.3 is 4.90 Å². The van der Waals surface area contributed by atoms with Crippen LogP contribution in [0.4, 0.5) is 0 Å². The van der Waals surface area contributed by atoms with Gasteiger partial charge in [-0.3, -0.25) is 4.79 Å². The maximum absolute atomic E-state index is 12.3. The molecule has 0 aliphatic carbocycles. The first-order valence-electron chi connectivity index (χ1n) is 6.75. The Kier molecular flexibility index (Phi) is 4.60. The van der Waals surface area contributed by atoms with Gasteiger partial charge in [0.1, 0.15) is 0 Å². The minimum absolute atomic E-state index is 0.0799. The second kappa shape index (κ2) is 6.24. The van der Waals surface area contributed by atoms with E-state index < -0.39 is 10.0 Å². The minimum atomic E-state index is -3.18. The summed E-state index contributed by atoms with van der Waals surface area (Å²) in [4.78, 5) is 13.9. The highest BCUT2D eigenvalue weighted by molar-refractivity contribution is 7.89. The summed E-state index contributed by atoms with van der Waals surface area (Å²) in [7, 11) is -3.18. The van der Waals surface area contributed by atoms with E-state index in [9.17, 15) is 13.2 Å². The smallest absolute Gasteiger partial charge is 0.253 e. The van der Waals surface area contributed by atoms with Gasteiger partial charge in [-0.2, -0.15) is 9.57 Å². The van der Waals surface area contributed by atoms with Crippen molar-refractivity contribution in [2.75, 3.05) is 31.9 Å². The molecule has 1 aromatic carbocycles. The fraction of sp³-hybridized carbons (Fsp3) is 0.429. The van der Waals surface area contributed by atoms with E-state index >= 15 is 0 Å². The van der Waals surface area contributed by atoms with Crippen molar-refractivity contribution in [3.8, 4) is 6.07 Å². The molecule has 1 aromatic rings. The number of carbonyl (C=O) groups excluding carboxylic acids is 1. The largest absolute Gasteiger partial charge is 0.336 e. The molecule has 1 aliphatic heterocycles. The van der Waals surface area contributed by atoms with E-state index in [1.165, 1.54) is 4.31 Å². The van der Waals surface area contributed by atoms with Crippen LogP contribution in [0.25, 0.3) is 0 Å². The van der Waals surface area contributed by atoms with Crippen molar-refractivity contribution >= 4 is 15.9 Å². The molecule has 2 rings (SSSR count). The fourth-order valence-corrected chi connectivity index (χ4v) is 3.31. The highest BCUT2D eigenvalue weighted by atomic mass is 32.2. The molecule has 1 fully saturated rings. The second-order valence-electron chi connectivity index (χ2n) is 4.78. The molecule has 1 saturated heterocycles. The SMILES string of the molecule is CCS(=O)(=O)N1CCN(C(=O)c2ccc(C#N)cc2)CC1. The lowest BCUT2D eigenvalue weighted by Crippen LogP contribution is -2.50. The van der Waals surface area contributed by atoms with Gasteiger partial charge in [0.25, 0.3) is 5.91 Å². The van der Waals surface area contributed by atoms with Crippen LogP contribution in [-0.4, -0.2) is 55.5 Å². The highest BCUT2D eigenvalue weighted by Crippen LogP contribution is 2.12. The van der Waals surface area contributed by atoms with E-state index in [1.54, 1.807) is 36.1 Å². The number of benzene rings is 1. The number of nitrogens with zero attached hydrogens (tertiary/aromatic N) is 3. The van der Waals surface area contributed by atoms with E-state index in [-0.39, 0.29) is 11.7 Å². The summed E-state index contributed by atoms with van der Waals surface area (Å²) >= 11 is 0.